The largest absolute Gasteiger partial charge is 0.229 e. The van der Waals surface area contributed by atoms with Crippen molar-refractivity contribution in [1.82, 2.24) is 0 Å². The number of benzene rings is 1. The van der Waals surface area contributed by atoms with E-state index >= 15 is 0 Å². The molecule has 4 heteroatoms. The molecular weight excluding hydrogens is 288 g/mol. The predicted molar refractivity (Wildman–Crippen MR) is 88.7 cm³/mol. The molecule has 0 aromatic heterocycles. The second-order valence-corrected chi connectivity index (χ2v) is 9.11. The summed E-state index contributed by atoms with van der Waals surface area (Å²) in [6.45, 7) is 2.23. The summed E-state index contributed by atoms with van der Waals surface area (Å²) in [5, 5.41) is 0. The second-order valence-electron chi connectivity index (χ2n) is 5.06. The lowest BCUT2D eigenvalue weighted by atomic mass is 10.1. The van der Waals surface area contributed by atoms with E-state index in [2.05, 4.69) is 6.92 Å². The molecule has 0 unspecified atom stereocenters. The minimum absolute atomic E-state index is 0.421. The first-order valence-corrected chi connectivity index (χ1v) is 10.6. The van der Waals surface area contributed by atoms with Crippen molar-refractivity contribution >= 4 is 19.7 Å². The molecule has 2 nitrogen and oxygen atoms in total. The highest BCUT2D eigenvalue weighted by molar-refractivity contribution is 8.72. The van der Waals surface area contributed by atoms with E-state index in [1.165, 1.54) is 38.5 Å². The van der Waals surface area contributed by atoms with Gasteiger partial charge in [-0.1, -0.05) is 70.1 Å². The highest BCUT2D eigenvalue weighted by Crippen LogP contribution is 2.24. The first kappa shape index (κ1) is 17.6. The molecule has 0 aliphatic heterocycles. The van der Waals surface area contributed by atoms with Gasteiger partial charge in [0.2, 0.25) is 8.87 Å². The van der Waals surface area contributed by atoms with Crippen LogP contribution in [0, 0.1) is 0 Å². The average Bonchev–Trinajstić information content (AvgIpc) is 2.46. The summed E-state index contributed by atoms with van der Waals surface area (Å²) < 4.78 is 24.0. The minimum atomic E-state index is -3.15. The number of hydrogen-bond donors (Lipinski definition) is 0. The van der Waals surface area contributed by atoms with Crippen molar-refractivity contribution in [3.8, 4) is 0 Å². The number of hydrogen-bond acceptors (Lipinski definition) is 3. The van der Waals surface area contributed by atoms with Crippen LogP contribution in [0.4, 0.5) is 0 Å². The highest BCUT2D eigenvalue weighted by atomic mass is 33.1. The van der Waals surface area contributed by atoms with Crippen LogP contribution in [-0.2, 0) is 8.87 Å². The molecule has 1 aromatic rings. The molecule has 0 N–H and O–H groups in total. The molecule has 0 bridgehead atoms. The fraction of sp³-hybridized carbons (Fsp3) is 0.625. The van der Waals surface area contributed by atoms with E-state index in [1.54, 1.807) is 24.3 Å². The average molecular weight is 315 g/mol. The Kier molecular flexibility index (Phi) is 9.03. The lowest BCUT2D eigenvalue weighted by Crippen LogP contribution is -1.96. The molecule has 1 aromatic carbocycles. The Morgan fingerprint density at radius 2 is 1.40 bits per heavy atom. The van der Waals surface area contributed by atoms with Crippen molar-refractivity contribution < 1.29 is 8.42 Å². The molecule has 0 atom stereocenters. The molecule has 0 aliphatic carbocycles. The molecule has 0 saturated carbocycles. The first-order chi connectivity index (χ1) is 9.67. The molecule has 1 rings (SSSR count). The number of rotatable bonds is 11. The SMILES string of the molecule is CCCCCCCCCCSS(=O)(=O)c1ccccc1. The van der Waals surface area contributed by atoms with E-state index in [4.69, 9.17) is 0 Å². The zero-order chi connectivity index (χ0) is 14.7. The van der Waals surface area contributed by atoms with E-state index in [0.717, 1.165) is 23.6 Å². The van der Waals surface area contributed by atoms with Crippen molar-refractivity contribution in [3.05, 3.63) is 30.3 Å². The molecular formula is C16H26O2S2. The summed E-state index contributed by atoms with van der Waals surface area (Å²) in [4.78, 5) is 0.421. The lowest BCUT2D eigenvalue weighted by Gasteiger charge is -2.04. The lowest BCUT2D eigenvalue weighted by molar-refractivity contribution is 0.586. The molecule has 0 saturated heterocycles. The maximum Gasteiger partial charge on any atom is 0.229 e. The van der Waals surface area contributed by atoms with Gasteiger partial charge in [-0.25, -0.2) is 8.42 Å². The highest BCUT2D eigenvalue weighted by Gasteiger charge is 2.13. The van der Waals surface area contributed by atoms with Crippen molar-refractivity contribution in [1.29, 1.82) is 0 Å². The van der Waals surface area contributed by atoms with E-state index in [9.17, 15) is 8.42 Å². The van der Waals surface area contributed by atoms with Gasteiger partial charge < -0.3 is 0 Å². The summed E-state index contributed by atoms with van der Waals surface area (Å²) in [5.41, 5.74) is 0. The smallest absolute Gasteiger partial charge is 0.212 e. The third kappa shape index (κ3) is 7.34. The van der Waals surface area contributed by atoms with Crippen LogP contribution in [0.5, 0.6) is 0 Å². The summed E-state index contributed by atoms with van der Waals surface area (Å²) in [6.07, 6.45) is 9.94. The van der Waals surface area contributed by atoms with Gasteiger partial charge in [0.1, 0.15) is 0 Å². The Labute approximate surface area is 127 Å². The quantitative estimate of drug-likeness (QED) is 0.413. The van der Waals surface area contributed by atoms with Gasteiger partial charge in [-0.2, -0.15) is 0 Å². The Morgan fingerprint density at radius 3 is 2.00 bits per heavy atom. The summed E-state index contributed by atoms with van der Waals surface area (Å²) in [7, 11) is -2.07. The van der Waals surface area contributed by atoms with Crippen molar-refractivity contribution in [2.24, 2.45) is 0 Å². The van der Waals surface area contributed by atoms with Crippen LogP contribution >= 0.6 is 10.8 Å². The maximum atomic E-state index is 12.0. The van der Waals surface area contributed by atoms with Crippen LogP contribution < -0.4 is 0 Å². The summed E-state index contributed by atoms with van der Waals surface area (Å²) in [5.74, 6) is 0.701. The molecule has 20 heavy (non-hydrogen) atoms. The Balaban J connectivity index is 2.09. The van der Waals surface area contributed by atoms with Gasteiger partial charge >= 0.3 is 0 Å². The third-order valence-electron chi connectivity index (χ3n) is 3.27. The Bertz CT molecular complexity index is 441. The molecule has 0 fully saturated rings. The van der Waals surface area contributed by atoms with Gasteiger partial charge in [-0.3, -0.25) is 0 Å². The predicted octanol–water partition coefficient (Wildman–Crippen LogP) is 5.25. The van der Waals surface area contributed by atoms with Crippen LogP contribution in [0.15, 0.2) is 35.2 Å². The molecule has 0 heterocycles. The number of unbranched alkanes of at least 4 members (excludes halogenated alkanes) is 7. The minimum Gasteiger partial charge on any atom is -0.212 e. The van der Waals surface area contributed by atoms with Crippen molar-refractivity contribution in [3.63, 3.8) is 0 Å². The normalized spacial score (nSPS) is 11.7. The molecule has 0 aliphatic rings. The van der Waals surface area contributed by atoms with E-state index in [-0.39, 0.29) is 0 Å². The van der Waals surface area contributed by atoms with Crippen LogP contribution in [0.3, 0.4) is 0 Å². The van der Waals surface area contributed by atoms with Crippen LogP contribution in [0.25, 0.3) is 0 Å². The Hall–Kier alpha value is -0.480. The van der Waals surface area contributed by atoms with Crippen LogP contribution in [0.2, 0.25) is 0 Å². The monoisotopic (exact) mass is 314 g/mol. The molecule has 114 valence electrons. The van der Waals surface area contributed by atoms with E-state index in [0.29, 0.717) is 10.6 Å². The standard InChI is InChI=1S/C16H26O2S2/c1-2-3-4-5-6-7-8-12-15-19-20(17,18)16-13-10-9-11-14-16/h9-11,13-14H,2-8,12,15H2,1H3. The van der Waals surface area contributed by atoms with Gasteiger partial charge in [0.05, 0.1) is 4.90 Å². The zero-order valence-electron chi connectivity index (χ0n) is 12.4. The first-order valence-electron chi connectivity index (χ1n) is 7.61. The van der Waals surface area contributed by atoms with E-state index in [1.807, 2.05) is 6.07 Å². The maximum absolute atomic E-state index is 12.0. The van der Waals surface area contributed by atoms with Crippen LogP contribution in [-0.4, -0.2) is 14.2 Å². The summed E-state index contributed by atoms with van der Waals surface area (Å²) in [6, 6.07) is 8.70. The molecule has 0 amide bonds. The van der Waals surface area contributed by atoms with Gasteiger partial charge in [0.15, 0.2) is 0 Å². The third-order valence-corrected chi connectivity index (χ3v) is 6.89. The van der Waals surface area contributed by atoms with Gasteiger partial charge in [0.25, 0.3) is 0 Å². The van der Waals surface area contributed by atoms with Gasteiger partial charge in [0, 0.05) is 5.75 Å². The van der Waals surface area contributed by atoms with Crippen molar-refractivity contribution in [2.45, 2.75) is 63.2 Å². The fourth-order valence-electron chi connectivity index (χ4n) is 2.06. The Morgan fingerprint density at radius 1 is 0.850 bits per heavy atom. The topological polar surface area (TPSA) is 34.1 Å². The summed E-state index contributed by atoms with van der Waals surface area (Å²) >= 11 is 0. The van der Waals surface area contributed by atoms with Gasteiger partial charge in [-0.05, 0) is 29.3 Å². The van der Waals surface area contributed by atoms with E-state index < -0.39 is 8.87 Å². The fourth-order valence-corrected chi connectivity index (χ4v) is 4.98. The van der Waals surface area contributed by atoms with Crippen molar-refractivity contribution in [2.75, 3.05) is 5.75 Å². The molecule has 0 radical (unpaired) electrons. The second kappa shape index (κ2) is 10.3. The zero-order valence-corrected chi connectivity index (χ0v) is 14.0. The van der Waals surface area contributed by atoms with Gasteiger partial charge in [-0.15, -0.1) is 0 Å². The molecule has 0 spiro atoms. The van der Waals surface area contributed by atoms with Crippen LogP contribution in [0.1, 0.15) is 58.3 Å².